The molecule has 3 N–H and O–H groups in total. The van der Waals surface area contributed by atoms with Gasteiger partial charge in [-0.15, -0.1) is 0 Å². The number of nitrogens with zero attached hydrogens (tertiary/aromatic N) is 2. The number of carboxylic acids is 1. The second kappa shape index (κ2) is 9.88. The van der Waals surface area contributed by atoms with Gasteiger partial charge in [0.05, 0.1) is 12.8 Å². The lowest BCUT2D eigenvalue weighted by Gasteiger charge is -2.28. The zero-order chi connectivity index (χ0) is 26.0. The van der Waals surface area contributed by atoms with Crippen molar-refractivity contribution in [2.75, 3.05) is 17.7 Å². The zero-order valence-corrected chi connectivity index (χ0v) is 20.5. The van der Waals surface area contributed by atoms with Crippen molar-refractivity contribution in [1.82, 2.24) is 9.80 Å². The van der Waals surface area contributed by atoms with Crippen LogP contribution >= 0.6 is 0 Å². The molecule has 190 valence electrons. The smallest absolute Gasteiger partial charge is 0.328 e. The van der Waals surface area contributed by atoms with Crippen LogP contribution in [0.15, 0.2) is 48.5 Å². The maximum Gasteiger partial charge on any atom is 0.328 e. The van der Waals surface area contributed by atoms with Crippen LogP contribution in [-0.4, -0.2) is 57.5 Å². The third-order valence-corrected chi connectivity index (χ3v) is 6.59. The lowest BCUT2D eigenvalue weighted by atomic mass is 10.0. The molecule has 10 heteroatoms. The zero-order valence-electron chi connectivity index (χ0n) is 20.5. The van der Waals surface area contributed by atoms with Gasteiger partial charge in [-0.05, 0) is 56.0 Å². The third kappa shape index (κ3) is 5.12. The molecular formula is C26H30N4O6. The van der Waals surface area contributed by atoms with Crippen molar-refractivity contribution in [3.05, 3.63) is 54.1 Å². The second-order valence-corrected chi connectivity index (χ2v) is 9.62. The summed E-state index contributed by atoms with van der Waals surface area (Å²) in [5.74, 6) is -1.09. The minimum Gasteiger partial charge on any atom is -0.495 e. The fraction of sp³-hybridized carbons (Fsp3) is 0.385. The van der Waals surface area contributed by atoms with Crippen molar-refractivity contribution < 1.29 is 29.0 Å². The number of carbonyl (C=O) groups is 4. The van der Waals surface area contributed by atoms with E-state index in [1.54, 1.807) is 44.2 Å². The number of methoxy groups -OCH3 is 1. The number of imide groups is 1. The van der Waals surface area contributed by atoms with E-state index < -0.39 is 35.5 Å². The highest BCUT2D eigenvalue weighted by Gasteiger charge is 2.55. The Morgan fingerprint density at radius 2 is 1.81 bits per heavy atom. The van der Waals surface area contributed by atoms with Crippen molar-refractivity contribution in [3.63, 3.8) is 0 Å². The highest BCUT2D eigenvalue weighted by molar-refractivity contribution is 6.09. The summed E-state index contributed by atoms with van der Waals surface area (Å²) in [4.78, 5) is 53.0. The van der Waals surface area contributed by atoms with Gasteiger partial charge in [0.1, 0.15) is 17.3 Å². The van der Waals surface area contributed by atoms with Gasteiger partial charge in [-0.2, -0.15) is 0 Å². The van der Waals surface area contributed by atoms with Crippen LogP contribution in [0, 0.1) is 5.92 Å². The monoisotopic (exact) mass is 494 g/mol. The SMILES string of the molecule is COc1cc(CN2C(=O)N(C(CC3CC3)C(=O)O)C(=O)C2(C)C)ccc1NC(=O)Nc1ccccc1. The number of carboxylic acid groups (broad SMARTS) is 1. The lowest BCUT2D eigenvalue weighted by molar-refractivity contribution is -0.148. The molecule has 0 radical (unpaired) electrons. The van der Waals surface area contributed by atoms with Crippen LogP contribution in [0.3, 0.4) is 0 Å². The van der Waals surface area contributed by atoms with Gasteiger partial charge in [-0.1, -0.05) is 37.1 Å². The maximum atomic E-state index is 13.3. The summed E-state index contributed by atoms with van der Waals surface area (Å²) < 4.78 is 5.44. The number of ether oxygens (including phenoxy) is 1. The van der Waals surface area contributed by atoms with Crippen molar-refractivity contribution in [2.24, 2.45) is 5.92 Å². The van der Waals surface area contributed by atoms with Crippen LogP contribution in [0.5, 0.6) is 5.75 Å². The first-order chi connectivity index (χ1) is 17.1. The molecule has 2 fully saturated rings. The predicted octanol–water partition coefficient (Wildman–Crippen LogP) is 4.14. The van der Waals surface area contributed by atoms with Gasteiger partial charge < -0.3 is 25.4 Å². The largest absolute Gasteiger partial charge is 0.495 e. The fourth-order valence-electron chi connectivity index (χ4n) is 4.32. The van der Waals surface area contributed by atoms with Crippen LogP contribution in [-0.2, 0) is 16.1 Å². The molecular weight excluding hydrogens is 464 g/mol. The van der Waals surface area contributed by atoms with E-state index in [2.05, 4.69) is 10.6 Å². The van der Waals surface area contributed by atoms with E-state index in [-0.39, 0.29) is 18.9 Å². The molecule has 2 aromatic rings. The third-order valence-electron chi connectivity index (χ3n) is 6.59. The topological polar surface area (TPSA) is 128 Å². The minimum atomic E-state index is -1.21. The number of para-hydroxylation sites is 1. The summed E-state index contributed by atoms with van der Waals surface area (Å²) in [5.41, 5.74) is 0.505. The van der Waals surface area contributed by atoms with Crippen molar-refractivity contribution in [3.8, 4) is 5.75 Å². The van der Waals surface area contributed by atoms with E-state index >= 15 is 0 Å². The Labute approximate surface area is 209 Å². The Morgan fingerprint density at radius 1 is 1.11 bits per heavy atom. The summed E-state index contributed by atoms with van der Waals surface area (Å²) in [5, 5.41) is 15.2. The number of carbonyl (C=O) groups excluding carboxylic acids is 3. The minimum absolute atomic E-state index is 0.0662. The maximum absolute atomic E-state index is 13.3. The summed E-state index contributed by atoms with van der Waals surface area (Å²) in [6, 6.07) is 11.8. The summed E-state index contributed by atoms with van der Waals surface area (Å²) in [6.45, 7) is 3.30. The summed E-state index contributed by atoms with van der Waals surface area (Å²) in [7, 11) is 1.46. The van der Waals surface area contributed by atoms with Crippen LogP contribution in [0.4, 0.5) is 21.0 Å². The molecule has 1 atom stereocenters. The van der Waals surface area contributed by atoms with Gasteiger partial charge in [-0.25, -0.2) is 19.3 Å². The molecule has 0 spiro atoms. The molecule has 2 aliphatic rings. The van der Waals surface area contributed by atoms with E-state index in [9.17, 15) is 24.3 Å². The normalized spacial score (nSPS) is 17.6. The molecule has 1 saturated heterocycles. The van der Waals surface area contributed by atoms with Crippen molar-refractivity contribution >= 4 is 35.3 Å². The molecule has 0 bridgehead atoms. The van der Waals surface area contributed by atoms with Crippen molar-refractivity contribution in [2.45, 2.75) is 51.2 Å². The average molecular weight is 495 g/mol. The van der Waals surface area contributed by atoms with E-state index in [0.29, 0.717) is 22.7 Å². The lowest BCUT2D eigenvalue weighted by Crippen LogP contribution is -2.47. The van der Waals surface area contributed by atoms with E-state index in [4.69, 9.17) is 4.74 Å². The first kappa shape index (κ1) is 25.0. The Morgan fingerprint density at radius 3 is 2.42 bits per heavy atom. The molecule has 1 aliphatic carbocycles. The Hall–Kier alpha value is -4.08. The van der Waals surface area contributed by atoms with Crippen LogP contribution in [0.25, 0.3) is 0 Å². The first-order valence-electron chi connectivity index (χ1n) is 11.8. The fourth-order valence-corrected chi connectivity index (χ4v) is 4.32. The number of urea groups is 2. The molecule has 2 aromatic carbocycles. The summed E-state index contributed by atoms with van der Waals surface area (Å²) >= 11 is 0. The molecule has 0 aromatic heterocycles. The molecule has 5 amide bonds. The van der Waals surface area contributed by atoms with Gasteiger partial charge in [-0.3, -0.25) is 4.79 Å². The number of nitrogens with one attached hydrogen (secondary N) is 2. The number of amides is 5. The molecule has 4 rings (SSSR count). The number of hydrogen-bond donors (Lipinski definition) is 3. The molecule has 1 saturated carbocycles. The van der Waals surface area contributed by atoms with Crippen LogP contribution in [0.2, 0.25) is 0 Å². The molecule has 1 unspecified atom stereocenters. The van der Waals surface area contributed by atoms with Crippen LogP contribution < -0.4 is 15.4 Å². The molecule has 36 heavy (non-hydrogen) atoms. The Bertz CT molecular complexity index is 1180. The van der Waals surface area contributed by atoms with Crippen molar-refractivity contribution in [1.29, 1.82) is 0 Å². The van der Waals surface area contributed by atoms with Gasteiger partial charge in [0.25, 0.3) is 5.91 Å². The van der Waals surface area contributed by atoms with Gasteiger partial charge in [0.2, 0.25) is 0 Å². The average Bonchev–Trinajstić information content (AvgIpc) is 3.64. The number of hydrogen-bond acceptors (Lipinski definition) is 5. The van der Waals surface area contributed by atoms with Gasteiger partial charge in [0, 0.05) is 12.2 Å². The van der Waals surface area contributed by atoms with E-state index in [1.807, 2.05) is 18.2 Å². The van der Waals surface area contributed by atoms with E-state index in [0.717, 1.165) is 17.7 Å². The van der Waals surface area contributed by atoms with Crippen LogP contribution in [0.1, 0.15) is 38.7 Å². The number of aliphatic carboxylic acids is 1. The van der Waals surface area contributed by atoms with Gasteiger partial charge in [0.15, 0.2) is 0 Å². The highest BCUT2D eigenvalue weighted by atomic mass is 16.5. The standard InChI is InChI=1S/C26H30N4O6/c1-26(2)23(33)30(20(22(31)32)13-16-9-10-16)25(35)29(26)15-17-11-12-19(21(14-17)36-3)28-24(34)27-18-7-5-4-6-8-18/h4-8,11-12,14,16,20H,9-10,13,15H2,1-3H3,(H,31,32)(H2,27,28,34). The predicted molar refractivity (Wildman–Crippen MR) is 133 cm³/mol. The second-order valence-electron chi connectivity index (χ2n) is 9.62. The molecule has 1 heterocycles. The Kier molecular flexibility index (Phi) is 6.87. The van der Waals surface area contributed by atoms with E-state index in [1.165, 1.54) is 12.0 Å². The Balaban J connectivity index is 1.50. The summed E-state index contributed by atoms with van der Waals surface area (Å²) in [6.07, 6.45) is 2.10. The number of benzene rings is 2. The number of anilines is 2. The highest BCUT2D eigenvalue weighted by Crippen LogP contribution is 2.38. The number of rotatable bonds is 9. The molecule has 1 aliphatic heterocycles. The quantitative estimate of drug-likeness (QED) is 0.450. The molecule has 10 nitrogen and oxygen atoms in total. The first-order valence-corrected chi connectivity index (χ1v) is 11.8. The van der Waals surface area contributed by atoms with Gasteiger partial charge >= 0.3 is 18.0 Å².